The van der Waals surface area contributed by atoms with Crippen LogP contribution in [0.3, 0.4) is 0 Å². The van der Waals surface area contributed by atoms with E-state index >= 15 is 0 Å². The number of carbonyl (C=O) groups is 1. The first-order chi connectivity index (χ1) is 16.1. The molecule has 0 spiro atoms. The predicted octanol–water partition coefficient (Wildman–Crippen LogP) is 2.79. The third kappa shape index (κ3) is 4.45. The summed E-state index contributed by atoms with van der Waals surface area (Å²) in [6, 6.07) is 11.0. The molecule has 2 aromatic carbocycles. The highest BCUT2D eigenvalue weighted by Gasteiger charge is 2.30. The Kier molecular flexibility index (Phi) is 6.03. The van der Waals surface area contributed by atoms with Crippen molar-refractivity contribution >= 4 is 22.6 Å². The molecule has 0 saturated heterocycles. The van der Waals surface area contributed by atoms with Gasteiger partial charge < -0.3 is 5.32 Å². The number of rotatable bonds is 6. The number of hydrogen-bond acceptors (Lipinski definition) is 4. The van der Waals surface area contributed by atoms with E-state index in [4.69, 9.17) is 0 Å². The summed E-state index contributed by atoms with van der Waals surface area (Å²) in [5.74, 6) is -0.253. The van der Waals surface area contributed by atoms with Gasteiger partial charge in [-0.25, -0.2) is 13.9 Å². The van der Waals surface area contributed by atoms with Crippen molar-refractivity contribution in [1.29, 1.82) is 0 Å². The number of hydrogen-bond donors (Lipinski definition) is 1. The molecule has 0 aliphatic heterocycles. The van der Waals surface area contributed by atoms with Crippen LogP contribution in [0.25, 0.3) is 16.7 Å². The molecule has 2 heterocycles. The molecule has 34 heavy (non-hydrogen) atoms. The molecule has 178 valence electrons. The highest BCUT2D eigenvalue weighted by atomic mass is 19.4. The number of aromatic nitrogens is 4. The zero-order chi connectivity index (χ0) is 24.6. The van der Waals surface area contributed by atoms with Gasteiger partial charge in [-0.3, -0.25) is 14.2 Å². The Morgan fingerprint density at radius 2 is 1.82 bits per heavy atom. The maximum absolute atomic E-state index is 13.2. The van der Waals surface area contributed by atoms with Crippen LogP contribution in [0.15, 0.2) is 58.1 Å². The van der Waals surface area contributed by atoms with Crippen molar-refractivity contribution in [3.8, 4) is 0 Å². The molecule has 11 heteroatoms. The molecule has 4 rings (SSSR count). The van der Waals surface area contributed by atoms with Gasteiger partial charge in [-0.2, -0.15) is 13.2 Å². The Labute approximate surface area is 191 Å². The first kappa shape index (κ1) is 23.3. The number of benzene rings is 2. The minimum Gasteiger partial charge on any atom is -0.354 e. The molecule has 0 aliphatic rings. The second-order valence-electron chi connectivity index (χ2n) is 8.22. The number of amides is 1. The van der Waals surface area contributed by atoms with Gasteiger partial charge >= 0.3 is 11.9 Å². The minimum absolute atomic E-state index is 0.0121. The van der Waals surface area contributed by atoms with Crippen LogP contribution in [0.5, 0.6) is 0 Å². The molecule has 4 aromatic rings. The second kappa shape index (κ2) is 8.81. The molecule has 1 amide bonds. The monoisotopic (exact) mass is 473 g/mol. The third-order valence-electron chi connectivity index (χ3n) is 5.28. The number of halogens is 3. The summed E-state index contributed by atoms with van der Waals surface area (Å²) in [5, 5.41) is 7.27. The van der Waals surface area contributed by atoms with Crippen molar-refractivity contribution in [3.63, 3.8) is 0 Å². The number of nitrogens with one attached hydrogen (secondary N) is 1. The zero-order valence-corrected chi connectivity index (χ0v) is 18.5. The van der Waals surface area contributed by atoms with Gasteiger partial charge in [0.1, 0.15) is 0 Å². The van der Waals surface area contributed by atoms with Crippen molar-refractivity contribution in [2.24, 2.45) is 0 Å². The first-order valence-corrected chi connectivity index (χ1v) is 10.6. The van der Waals surface area contributed by atoms with Gasteiger partial charge in [-0.1, -0.05) is 24.3 Å². The van der Waals surface area contributed by atoms with Crippen molar-refractivity contribution in [2.45, 2.75) is 45.6 Å². The van der Waals surface area contributed by atoms with E-state index in [1.165, 1.54) is 21.1 Å². The van der Waals surface area contributed by atoms with E-state index in [1.807, 2.05) is 13.8 Å². The summed E-state index contributed by atoms with van der Waals surface area (Å²) in [4.78, 5) is 38.5. The lowest BCUT2D eigenvalue weighted by molar-refractivity contribution is -0.137. The average molecular weight is 473 g/mol. The van der Waals surface area contributed by atoms with E-state index in [1.54, 1.807) is 24.3 Å². The van der Waals surface area contributed by atoms with Crippen LogP contribution in [0.4, 0.5) is 13.2 Å². The molecule has 1 N–H and O–H groups in total. The third-order valence-corrected chi connectivity index (χ3v) is 5.28. The Morgan fingerprint density at radius 1 is 1.09 bits per heavy atom. The van der Waals surface area contributed by atoms with E-state index in [2.05, 4.69) is 10.4 Å². The summed E-state index contributed by atoms with van der Waals surface area (Å²) in [6.07, 6.45) is -4.53. The highest BCUT2D eigenvalue weighted by molar-refractivity contribution is 5.80. The van der Waals surface area contributed by atoms with Crippen LogP contribution >= 0.6 is 0 Å². The number of aryl methyl sites for hydroxylation is 1. The van der Waals surface area contributed by atoms with E-state index in [0.29, 0.717) is 5.52 Å². The van der Waals surface area contributed by atoms with E-state index < -0.39 is 23.0 Å². The number of nitrogens with zero attached hydrogens (tertiary/aromatic N) is 4. The van der Waals surface area contributed by atoms with Crippen LogP contribution in [-0.2, 0) is 24.1 Å². The topological polar surface area (TPSA) is 90.4 Å². The average Bonchev–Trinajstić information content (AvgIpc) is 3.08. The van der Waals surface area contributed by atoms with Gasteiger partial charge in [0.2, 0.25) is 11.7 Å². The van der Waals surface area contributed by atoms with Gasteiger partial charge in [-0.05, 0) is 43.7 Å². The Bertz CT molecular complexity index is 1500. The standard InChI is InChI=1S/C23H22F3N5O3/c1-14(2)27-19(32)10-11-29-20(33)17-8-3-4-9-18(17)31-21(29)28-30(22(31)34)13-15-6-5-7-16(12-15)23(24,25)26/h3-9,12,14H,10-11,13H2,1-2H3,(H,27,32). The SMILES string of the molecule is CC(C)NC(=O)CCn1c(=O)c2ccccc2n2c(=O)n(Cc3cccc(C(F)(F)F)c3)nc12. The van der Waals surface area contributed by atoms with Gasteiger partial charge in [0.05, 0.1) is 23.0 Å². The largest absolute Gasteiger partial charge is 0.416 e. The molecule has 0 fully saturated rings. The molecule has 0 unspecified atom stereocenters. The molecule has 0 radical (unpaired) electrons. The Hall–Kier alpha value is -3.89. The maximum Gasteiger partial charge on any atom is 0.416 e. The number of alkyl halides is 3. The lowest BCUT2D eigenvalue weighted by Crippen LogP contribution is -2.32. The Balaban J connectivity index is 1.83. The Morgan fingerprint density at radius 3 is 2.53 bits per heavy atom. The van der Waals surface area contributed by atoms with Crippen LogP contribution < -0.4 is 16.6 Å². The summed E-state index contributed by atoms with van der Waals surface area (Å²) < 4.78 is 42.8. The van der Waals surface area contributed by atoms with Crippen LogP contribution in [0, 0.1) is 0 Å². The van der Waals surface area contributed by atoms with E-state index in [-0.39, 0.29) is 48.2 Å². The quantitative estimate of drug-likeness (QED) is 0.466. The van der Waals surface area contributed by atoms with Gasteiger partial charge in [-0.15, -0.1) is 5.10 Å². The van der Waals surface area contributed by atoms with E-state index in [0.717, 1.165) is 16.8 Å². The fraction of sp³-hybridized carbons (Fsp3) is 0.304. The van der Waals surface area contributed by atoms with Crippen molar-refractivity contribution in [1.82, 2.24) is 24.1 Å². The van der Waals surface area contributed by atoms with Crippen LogP contribution in [0.2, 0.25) is 0 Å². The van der Waals surface area contributed by atoms with Crippen molar-refractivity contribution < 1.29 is 18.0 Å². The molecule has 0 aliphatic carbocycles. The maximum atomic E-state index is 13.2. The summed E-state index contributed by atoms with van der Waals surface area (Å²) in [7, 11) is 0. The lowest BCUT2D eigenvalue weighted by Gasteiger charge is -2.11. The summed E-state index contributed by atoms with van der Waals surface area (Å²) in [5.41, 5.74) is -1.30. The fourth-order valence-corrected chi connectivity index (χ4v) is 3.80. The smallest absolute Gasteiger partial charge is 0.354 e. The molecule has 0 atom stereocenters. The van der Waals surface area contributed by atoms with Gasteiger partial charge in [0.25, 0.3) is 5.56 Å². The molecular weight excluding hydrogens is 451 g/mol. The first-order valence-electron chi connectivity index (χ1n) is 10.6. The zero-order valence-electron chi connectivity index (χ0n) is 18.5. The molecule has 2 aromatic heterocycles. The van der Waals surface area contributed by atoms with E-state index in [9.17, 15) is 27.6 Å². The number of para-hydroxylation sites is 1. The van der Waals surface area contributed by atoms with Crippen molar-refractivity contribution in [2.75, 3.05) is 0 Å². The summed E-state index contributed by atoms with van der Waals surface area (Å²) >= 11 is 0. The second-order valence-corrected chi connectivity index (χ2v) is 8.22. The molecular formula is C23H22F3N5O3. The molecule has 0 bridgehead atoms. The minimum atomic E-state index is -4.52. The van der Waals surface area contributed by atoms with Crippen LogP contribution in [0.1, 0.15) is 31.4 Å². The highest BCUT2D eigenvalue weighted by Crippen LogP contribution is 2.29. The lowest BCUT2D eigenvalue weighted by atomic mass is 10.1. The van der Waals surface area contributed by atoms with Gasteiger partial charge in [0, 0.05) is 19.0 Å². The summed E-state index contributed by atoms with van der Waals surface area (Å²) in [6.45, 7) is 3.38. The number of fused-ring (bicyclic) bond motifs is 3. The van der Waals surface area contributed by atoms with Crippen LogP contribution in [-0.4, -0.2) is 30.7 Å². The predicted molar refractivity (Wildman–Crippen MR) is 120 cm³/mol. The molecule has 0 saturated carbocycles. The number of carbonyl (C=O) groups excluding carboxylic acids is 1. The van der Waals surface area contributed by atoms with Crippen molar-refractivity contribution in [3.05, 3.63) is 80.5 Å². The molecule has 8 nitrogen and oxygen atoms in total. The normalized spacial score (nSPS) is 12.1. The fourth-order valence-electron chi connectivity index (χ4n) is 3.80. The van der Waals surface area contributed by atoms with Gasteiger partial charge in [0.15, 0.2) is 0 Å².